The molecular weight excluding hydrogens is 254 g/mol. The second kappa shape index (κ2) is 4.63. The molecule has 0 fully saturated rings. The number of nitrogens with zero attached hydrogens (tertiary/aromatic N) is 2. The first-order chi connectivity index (χ1) is 9.15. The Morgan fingerprint density at radius 2 is 2.11 bits per heavy atom. The lowest BCUT2D eigenvalue weighted by Crippen LogP contribution is -2.02. The summed E-state index contributed by atoms with van der Waals surface area (Å²) in [5.74, 6) is 0. The molecule has 0 amide bonds. The average Bonchev–Trinajstić information content (AvgIpc) is 2.69. The first kappa shape index (κ1) is 12.1. The topological polar surface area (TPSA) is 33.6 Å². The number of nitrogens with one attached hydrogen (secondary N) is 1. The number of aromatic nitrogens is 3. The second-order valence-electron chi connectivity index (χ2n) is 4.84. The molecular formula is C15H15N3S. The van der Waals surface area contributed by atoms with Gasteiger partial charge in [0.05, 0.1) is 17.6 Å². The minimum absolute atomic E-state index is 0.752. The number of imidazole rings is 1. The van der Waals surface area contributed by atoms with Crippen LogP contribution >= 0.6 is 12.2 Å². The van der Waals surface area contributed by atoms with Gasteiger partial charge in [0.1, 0.15) is 0 Å². The van der Waals surface area contributed by atoms with Crippen molar-refractivity contribution in [3.8, 4) is 0 Å². The Balaban J connectivity index is 2.15. The van der Waals surface area contributed by atoms with Gasteiger partial charge in [0.15, 0.2) is 4.77 Å². The maximum atomic E-state index is 5.43. The fourth-order valence-electron chi connectivity index (χ4n) is 2.25. The zero-order chi connectivity index (χ0) is 13.4. The maximum absolute atomic E-state index is 5.43. The van der Waals surface area contributed by atoms with Gasteiger partial charge in [0.25, 0.3) is 0 Å². The van der Waals surface area contributed by atoms with E-state index in [1.165, 1.54) is 16.7 Å². The molecule has 0 aliphatic carbocycles. The standard InChI is InChI=1S/C15H15N3S/c1-10-3-4-13-14(7-10)18(15(19)17-13)9-12-8-16-6-5-11(12)2/h3-8H,9H2,1-2H3,(H,17,19). The summed E-state index contributed by atoms with van der Waals surface area (Å²) in [5.41, 5.74) is 5.89. The summed E-state index contributed by atoms with van der Waals surface area (Å²) < 4.78 is 2.88. The van der Waals surface area contributed by atoms with E-state index in [9.17, 15) is 0 Å². The molecule has 0 aliphatic rings. The summed E-state index contributed by atoms with van der Waals surface area (Å²) in [6, 6.07) is 8.35. The molecule has 96 valence electrons. The molecule has 0 spiro atoms. The number of aryl methyl sites for hydroxylation is 2. The van der Waals surface area contributed by atoms with Crippen molar-refractivity contribution in [1.29, 1.82) is 0 Å². The van der Waals surface area contributed by atoms with E-state index < -0.39 is 0 Å². The molecule has 0 unspecified atom stereocenters. The summed E-state index contributed by atoms with van der Waals surface area (Å²) in [6.45, 7) is 4.94. The first-order valence-electron chi connectivity index (χ1n) is 6.24. The molecule has 0 bridgehead atoms. The van der Waals surface area contributed by atoms with Crippen LogP contribution < -0.4 is 0 Å². The molecule has 4 heteroatoms. The van der Waals surface area contributed by atoms with E-state index in [4.69, 9.17) is 12.2 Å². The van der Waals surface area contributed by atoms with E-state index in [1.54, 1.807) is 0 Å². The van der Waals surface area contributed by atoms with E-state index in [0.29, 0.717) is 0 Å². The fourth-order valence-corrected chi connectivity index (χ4v) is 2.53. The number of hydrogen-bond acceptors (Lipinski definition) is 2. The van der Waals surface area contributed by atoms with Gasteiger partial charge in [-0.1, -0.05) is 6.07 Å². The Hall–Kier alpha value is -1.94. The molecule has 2 heterocycles. The minimum atomic E-state index is 0.752. The third-order valence-electron chi connectivity index (χ3n) is 3.41. The normalized spacial score (nSPS) is 11.1. The van der Waals surface area contributed by atoms with Gasteiger partial charge in [-0.25, -0.2) is 0 Å². The van der Waals surface area contributed by atoms with Gasteiger partial charge in [-0.2, -0.15) is 0 Å². The van der Waals surface area contributed by atoms with E-state index in [-0.39, 0.29) is 0 Å². The van der Waals surface area contributed by atoms with Gasteiger partial charge < -0.3 is 9.55 Å². The summed E-state index contributed by atoms with van der Waals surface area (Å²) in [7, 11) is 0. The van der Waals surface area contributed by atoms with Crippen LogP contribution in [0.4, 0.5) is 0 Å². The highest BCUT2D eigenvalue weighted by Gasteiger charge is 2.06. The predicted octanol–water partition coefficient (Wildman–Crippen LogP) is 3.76. The summed E-state index contributed by atoms with van der Waals surface area (Å²) in [6.07, 6.45) is 3.73. The predicted molar refractivity (Wildman–Crippen MR) is 79.9 cm³/mol. The second-order valence-corrected chi connectivity index (χ2v) is 5.23. The van der Waals surface area contributed by atoms with Crippen LogP contribution in [0.2, 0.25) is 0 Å². The Labute approximate surface area is 116 Å². The zero-order valence-electron chi connectivity index (χ0n) is 11.0. The average molecular weight is 269 g/mol. The highest BCUT2D eigenvalue weighted by atomic mass is 32.1. The number of benzene rings is 1. The molecule has 3 rings (SSSR count). The Kier molecular flexibility index (Phi) is 2.95. The molecule has 0 saturated heterocycles. The van der Waals surface area contributed by atoms with E-state index >= 15 is 0 Å². The number of fused-ring (bicyclic) bond motifs is 1. The van der Waals surface area contributed by atoms with Crippen LogP contribution in [0.3, 0.4) is 0 Å². The molecule has 0 atom stereocenters. The highest BCUT2D eigenvalue weighted by molar-refractivity contribution is 7.71. The van der Waals surface area contributed by atoms with Gasteiger partial charge in [-0.05, 0) is 61.0 Å². The maximum Gasteiger partial charge on any atom is 0.178 e. The Bertz CT molecular complexity index is 799. The van der Waals surface area contributed by atoms with Gasteiger partial charge in [-0.15, -0.1) is 0 Å². The third kappa shape index (κ3) is 2.19. The highest BCUT2D eigenvalue weighted by Crippen LogP contribution is 2.18. The van der Waals surface area contributed by atoms with Crippen LogP contribution in [0.1, 0.15) is 16.7 Å². The lowest BCUT2D eigenvalue weighted by molar-refractivity contribution is 0.800. The lowest BCUT2D eigenvalue weighted by Gasteiger charge is -2.07. The molecule has 1 N–H and O–H groups in total. The van der Waals surface area contributed by atoms with Crippen molar-refractivity contribution in [1.82, 2.24) is 14.5 Å². The molecule has 19 heavy (non-hydrogen) atoms. The van der Waals surface area contributed by atoms with Crippen molar-refractivity contribution in [2.75, 3.05) is 0 Å². The van der Waals surface area contributed by atoms with Crippen molar-refractivity contribution < 1.29 is 0 Å². The zero-order valence-corrected chi connectivity index (χ0v) is 11.8. The number of pyridine rings is 1. The smallest absolute Gasteiger partial charge is 0.178 e. The number of hydrogen-bond donors (Lipinski definition) is 1. The van der Waals surface area contributed by atoms with E-state index in [0.717, 1.165) is 22.3 Å². The lowest BCUT2D eigenvalue weighted by atomic mass is 10.1. The summed E-state index contributed by atoms with van der Waals surface area (Å²) >= 11 is 5.43. The monoisotopic (exact) mass is 269 g/mol. The Morgan fingerprint density at radius 1 is 1.26 bits per heavy atom. The van der Waals surface area contributed by atoms with Gasteiger partial charge in [0, 0.05) is 12.4 Å². The van der Waals surface area contributed by atoms with E-state index in [1.807, 2.05) is 18.5 Å². The SMILES string of the molecule is Cc1ccc2[nH]c(=S)n(Cc3cnccc3C)c2c1. The van der Waals surface area contributed by atoms with E-state index in [2.05, 4.69) is 46.6 Å². The number of rotatable bonds is 2. The number of H-pyrrole nitrogens is 1. The first-order valence-corrected chi connectivity index (χ1v) is 6.64. The van der Waals surface area contributed by atoms with Crippen LogP contribution in [0.5, 0.6) is 0 Å². The molecule has 1 aromatic carbocycles. The van der Waals surface area contributed by atoms with Crippen LogP contribution in [-0.4, -0.2) is 14.5 Å². The van der Waals surface area contributed by atoms with Gasteiger partial charge in [-0.3, -0.25) is 4.98 Å². The van der Waals surface area contributed by atoms with Gasteiger partial charge >= 0.3 is 0 Å². The third-order valence-corrected chi connectivity index (χ3v) is 3.73. The van der Waals surface area contributed by atoms with Crippen molar-refractivity contribution in [2.24, 2.45) is 0 Å². The fraction of sp³-hybridized carbons (Fsp3) is 0.200. The largest absolute Gasteiger partial charge is 0.331 e. The molecule has 0 saturated carbocycles. The van der Waals surface area contributed by atoms with Crippen LogP contribution in [0, 0.1) is 18.6 Å². The molecule has 2 aromatic heterocycles. The van der Waals surface area contributed by atoms with Crippen molar-refractivity contribution >= 4 is 23.3 Å². The van der Waals surface area contributed by atoms with Crippen LogP contribution in [0.25, 0.3) is 11.0 Å². The van der Waals surface area contributed by atoms with Crippen molar-refractivity contribution in [2.45, 2.75) is 20.4 Å². The minimum Gasteiger partial charge on any atom is -0.331 e. The van der Waals surface area contributed by atoms with Crippen molar-refractivity contribution in [3.63, 3.8) is 0 Å². The Morgan fingerprint density at radius 3 is 2.89 bits per heavy atom. The molecule has 0 radical (unpaired) electrons. The summed E-state index contributed by atoms with van der Waals surface area (Å²) in [5, 5.41) is 0. The summed E-state index contributed by atoms with van der Waals surface area (Å²) in [4.78, 5) is 7.45. The molecule has 3 nitrogen and oxygen atoms in total. The van der Waals surface area contributed by atoms with Crippen LogP contribution in [0.15, 0.2) is 36.7 Å². The number of aromatic amines is 1. The molecule has 3 aromatic rings. The van der Waals surface area contributed by atoms with Crippen molar-refractivity contribution in [3.05, 3.63) is 58.1 Å². The molecule has 0 aliphatic heterocycles. The van der Waals surface area contributed by atoms with Gasteiger partial charge in [0.2, 0.25) is 0 Å². The van der Waals surface area contributed by atoms with Crippen LogP contribution in [-0.2, 0) is 6.54 Å². The quantitative estimate of drug-likeness (QED) is 0.719.